The predicted molar refractivity (Wildman–Crippen MR) is 88.9 cm³/mol. The number of nitrogens with zero attached hydrogens (tertiary/aromatic N) is 2. The molecule has 1 fully saturated rings. The maximum absolute atomic E-state index is 11.5. The van der Waals surface area contributed by atoms with Crippen molar-refractivity contribution in [1.29, 1.82) is 0 Å². The van der Waals surface area contributed by atoms with Gasteiger partial charge in [0.25, 0.3) is 0 Å². The number of piperidine rings is 1. The van der Waals surface area contributed by atoms with Crippen LogP contribution in [0, 0.1) is 0 Å². The number of pyridine rings is 1. The van der Waals surface area contributed by atoms with Gasteiger partial charge in [-0.15, -0.1) is 0 Å². The van der Waals surface area contributed by atoms with Crippen molar-refractivity contribution in [2.75, 3.05) is 13.1 Å². The molecule has 3 nitrogen and oxygen atoms in total. The third-order valence-corrected chi connectivity index (χ3v) is 4.59. The molecule has 2 heterocycles. The Labute approximate surface area is 135 Å². The summed E-state index contributed by atoms with van der Waals surface area (Å²) in [6.45, 7) is 3.27. The summed E-state index contributed by atoms with van der Waals surface area (Å²) in [6.07, 6.45) is 4.00. The Morgan fingerprint density at radius 3 is 2.77 bits per heavy atom. The first-order chi connectivity index (χ1) is 10.6. The molecule has 114 valence electrons. The molecule has 0 saturated carbocycles. The van der Waals surface area contributed by atoms with Gasteiger partial charge in [0.2, 0.25) is 5.91 Å². The van der Waals surface area contributed by atoms with Crippen LogP contribution < -0.4 is 0 Å². The van der Waals surface area contributed by atoms with Crippen LogP contribution in [-0.2, 0) is 4.79 Å². The first kappa shape index (κ1) is 15.0. The van der Waals surface area contributed by atoms with E-state index in [0.29, 0.717) is 5.92 Å². The van der Waals surface area contributed by atoms with Crippen LogP contribution in [0.3, 0.4) is 0 Å². The summed E-state index contributed by atoms with van der Waals surface area (Å²) in [4.78, 5) is 18.1. The molecule has 0 unspecified atom stereocenters. The maximum Gasteiger partial charge on any atom is 0.219 e. The maximum atomic E-state index is 11.5. The van der Waals surface area contributed by atoms with Crippen molar-refractivity contribution in [3.63, 3.8) is 0 Å². The molecule has 1 aliphatic rings. The van der Waals surface area contributed by atoms with E-state index in [1.54, 1.807) is 6.92 Å². The Morgan fingerprint density at radius 1 is 1.27 bits per heavy atom. The van der Waals surface area contributed by atoms with E-state index in [0.717, 1.165) is 47.8 Å². The van der Waals surface area contributed by atoms with Crippen molar-refractivity contribution < 1.29 is 4.79 Å². The minimum absolute atomic E-state index is 0.150. The molecular weight excluding hydrogens is 296 g/mol. The first-order valence-electron chi connectivity index (χ1n) is 7.61. The van der Waals surface area contributed by atoms with Gasteiger partial charge in [-0.25, -0.2) is 0 Å². The van der Waals surface area contributed by atoms with Gasteiger partial charge in [0.15, 0.2) is 0 Å². The van der Waals surface area contributed by atoms with E-state index in [1.165, 1.54) is 0 Å². The van der Waals surface area contributed by atoms with E-state index in [9.17, 15) is 4.79 Å². The van der Waals surface area contributed by atoms with Crippen LogP contribution in [-0.4, -0.2) is 28.9 Å². The number of amides is 1. The molecule has 0 aliphatic carbocycles. The lowest BCUT2D eigenvalue weighted by Crippen LogP contribution is -2.37. The zero-order chi connectivity index (χ0) is 15.5. The fraction of sp³-hybridized carbons (Fsp3) is 0.333. The van der Waals surface area contributed by atoms with Gasteiger partial charge in [0, 0.05) is 54.0 Å². The average Bonchev–Trinajstić information content (AvgIpc) is 2.56. The van der Waals surface area contributed by atoms with E-state index in [-0.39, 0.29) is 5.91 Å². The molecule has 0 radical (unpaired) electrons. The molecule has 1 aromatic carbocycles. The molecule has 1 saturated heterocycles. The third-order valence-electron chi connectivity index (χ3n) is 4.26. The largest absolute Gasteiger partial charge is 0.342 e. The van der Waals surface area contributed by atoms with E-state index >= 15 is 0 Å². The summed E-state index contributed by atoms with van der Waals surface area (Å²) in [7, 11) is 0. The molecule has 1 aliphatic heterocycles. The lowest BCUT2D eigenvalue weighted by Gasteiger charge is -2.31. The number of benzene rings is 1. The molecule has 4 heteroatoms. The van der Waals surface area contributed by atoms with Gasteiger partial charge >= 0.3 is 0 Å². The SMILES string of the molecule is CC(=O)N1CCC[C@H](c2ccc(-c3ccccc3Cl)cn2)C1. The van der Waals surface area contributed by atoms with E-state index in [1.807, 2.05) is 35.4 Å². The lowest BCUT2D eigenvalue weighted by atomic mass is 9.93. The summed E-state index contributed by atoms with van der Waals surface area (Å²) < 4.78 is 0. The van der Waals surface area contributed by atoms with Gasteiger partial charge in [-0.2, -0.15) is 0 Å². The van der Waals surface area contributed by atoms with Gasteiger partial charge < -0.3 is 4.90 Å². The Kier molecular flexibility index (Phi) is 4.44. The molecule has 2 aromatic rings. The number of likely N-dealkylation sites (tertiary alicyclic amines) is 1. The highest BCUT2D eigenvalue weighted by atomic mass is 35.5. The van der Waals surface area contributed by atoms with Crippen LogP contribution in [0.1, 0.15) is 31.4 Å². The highest BCUT2D eigenvalue weighted by Gasteiger charge is 2.23. The smallest absolute Gasteiger partial charge is 0.219 e. The predicted octanol–water partition coefficient (Wildman–Crippen LogP) is 4.13. The normalized spacial score (nSPS) is 18.3. The fourth-order valence-corrected chi connectivity index (χ4v) is 3.25. The molecule has 0 N–H and O–H groups in total. The summed E-state index contributed by atoms with van der Waals surface area (Å²) >= 11 is 6.23. The fourth-order valence-electron chi connectivity index (χ4n) is 3.01. The number of carbonyl (C=O) groups is 1. The summed E-state index contributed by atoms with van der Waals surface area (Å²) in [5.41, 5.74) is 3.08. The van der Waals surface area contributed by atoms with Gasteiger partial charge in [0.05, 0.1) is 0 Å². The monoisotopic (exact) mass is 314 g/mol. The third kappa shape index (κ3) is 3.14. The van der Waals surface area contributed by atoms with Gasteiger partial charge in [-0.3, -0.25) is 9.78 Å². The zero-order valence-corrected chi connectivity index (χ0v) is 13.4. The van der Waals surface area contributed by atoms with Crippen LogP contribution in [0.15, 0.2) is 42.6 Å². The van der Waals surface area contributed by atoms with E-state index in [4.69, 9.17) is 11.6 Å². The van der Waals surface area contributed by atoms with Crippen molar-refractivity contribution in [2.24, 2.45) is 0 Å². The highest BCUT2D eigenvalue weighted by Crippen LogP contribution is 2.30. The number of hydrogen-bond donors (Lipinski definition) is 0. The first-order valence-corrected chi connectivity index (χ1v) is 7.99. The minimum atomic E-state index is 0.150. The quantitative estimate of drug-likeness (QED) is 0.835. The minimum Gasteiger partial charge on any atom is -0.342 e. The molecule has 3 rings (SSSR count). The second kappa shape index (κ2) is 6.49. The summed E-state index contributed by atoms with van der Waals surface area (Å²) in [5.74, 6) is 0.482. The van der Waals surface area contributed by atoms with Crippen molar-refractivity contribution >= 4 is 17.5 Å². The lowest BCUT2D eigenvalue weighted by molar-refractivity contribution is -0.130. The zero-order valence-electron chi connectivity index (χ0n) is 12.6. The average molecular weight is 315 g/mol. The second-order valence-corrected chi connectivity index (χ2v) is 6.16. The van der Waals surface area contributed by atoms with Crippen LogP contribution in [0.25, 0.3) is 11.1 Å². The Morgan fingerprint density at radius 2 is 2.09 bits per heavy atom. The van der Waals surface area contributed by atoms with Crippen LogP contribution in [0.2, 0.25) is 5.02 Å². The molecule has 1 atom stereocenters. The van der Waals surface area contributed by atoms with Crippen molar-refractivity contribution in [2.45, 2.75) is 25.7 Å². The molecule has 22 heavy (non-hydrogen) atoms. The Bertz CT molecular complexity index is 669. The van der Waals surface area contributed by atoms with Gasteiger partial charge in [-0.05, 0) is 25.0 Å². The van der Waals surface area contributed by atoms with E-state index in [2.05, 4.69) is 17.1 Å². The van der Waals surface area contributed by atoms with Crippen LogP contribution in [0.5, 0.6) is 0 Å². The number of rotatable bonds is 2. The number of halogens is 1. The molecular formula is C18H19ClN2O. The van der Waals surface area contributed by atoms with Crippen LogP contribution >= 0.6 is 11.6 Å². The van der Waals surface area contributed by atoms with E-state index < -0.39 is 0 Å². The standard InChI is InChI=1S/C18H19ClN2O/c1-13(22)21-10-4-5-15(12-21)18-9-8-14(11-20-18)16-6-2-3-7-17(16)19/h2-3,6-9,11,15H,4-5,10,12H2,1H3/t15-/m0/s1. The summed E-state index contributed by atoms with van der Waals surface area (Å²) in [6, 6.07) is 11.9. The Hall–Kier alpha value is -1.87. The molecule has 1 aromatic heterocycles. The topological polar surface area (TPSA) is 33.2 Å². The van der Waals surface area contributed by atoms with Crippen molar-refractivity contribution in [3.05, 3.63) is 53.3 Å². The number of aromatic nitrogens is 1. The second-order valence-electron chi connectivity index (χ2n) is 5.76. The number of carbonyl (C=O) groups excluding carboxylic acids is 1. The molecule has 0 spiro atoms. The Balaban J connectivity index is 1.80. The molecule has 1 amide bonds. The molecule has 0 bridgehead atoms. The van der Waals surface area contributed by atoms with Crippen molar-refractivity contribution in [1.82, 2.24) is 9.88 Å². The van der Waals surface area contributed by atoms with Crippen LogP contribution in [0.4, 0.5) is 0 Å². The number of hydrogen-bond acceptors (Lipinski definition) is 2. The van der Waals surface area contributed by atoms with Crippen molar-refractivity contribution in [3.8, 4) is 11.1 Å². The van der Waals surface area contributed by atoms with Gasteiger partial charge in [-0.1, -0.05) is 35.9 Å². The highest BCUT2D eigenvalue weighted by molar-refractivity contribution is 6.33. The van der Waals surface area contributed by atoms with Gasteiger partial charge in [0.1, 0.15) is 0 Å². The summed E-state index contributed by atoms with van der Waals surface area (Å²) in [5, 5.41) is 0.734.